The van der Waals surface area contributed by atoms with Gasteiger partial charge in [-0.25, -0.2) is 4.79 Å². The van der Waals surface area contributed by atoms with E-state index in [0.717, 1.165) is 11.3 Å². The lowest BCUT2D eigenvalue weighted by Crippen LogP contribution is -3.11. The Hall–Kier alpha value is -2.46. The number of amides is 3. The molecule has 1 aromatic heterocycles. The van der Waals surface area contributed by atoms with Gasteiger partial charge in [0.25, 0.3) is 17.7 Å². The van der Waals surface area contributed by atoms with Crippen LogP contribution in [0.1, 0.15) is 46.4 Å². The largest absolute Gasteiger partial charge is 0.462 e. The van der Waals surface area contributed by atoms with E-state index in [0.29, 0.717) is 23.6 Å². The standard InChI is InChI=1S/C18H28N4O5S/c1-6-22(7-2)13(24)10-21(5)9-12(23)20-17-14(18(26)27-8-3)11(4)15(28-17)16(19)25/h6-10H2,1-5H3,(H2,19,25)(H,20,23)/p+1. The summed E-state index contributed by atoms with van der Waals surface area (Å²) in [5.41, 5.74) is 5.86. The van der Waals surface area contributed by atoms with Crippen molar-refractivity contribution in [1.29, 1.82) is 0 Å². The molecule has 0 aromatic carbocycles. The smallest absolute Gasteiger partial charge is 0.341 e. The van der Waals surface area contributed by atoms with E-state index in [1.807, 2.05) is 13.8 Å². The van der Waals surface area contributed by atoms with Crippen LogP contribution in [0, 0.1) is 6.92 Å². The van der Waals surface area contributed by atoms with E-state index in [1.165, 1.54) is 0 Å². The number of hydrogen-bond acceptors (Lipinski definition) is 6. The van der Waals surface area contributed by atoms with E-state index in [2.05, 4.69) is 5.32 Å². The average molecular weight is 414 g/mol. The molecule has 1 heterocycles. The number of quaternary nitrogens is 1. The summed E-state index contributed by atoms with van der Waals surface area (Å²) < 4.78 is 5.02. The molecule has 28 heavy (non-hydrogen) atoms. The molecule has 0 saturated carbocycles. The van der Waals surface area contributed by atoms with Gasteiger partial charge in [0.1, 0.15) is 5.00 Å². The van der Waals surface area contributed by atoms with Crippen LogP contribution in [0.2, 0.25) is 0 Å². The molecule has 0 aliphatic rings. The van der Waals surface area contributed by atoms with Crippen LogP contribution in [0.5, 0.6) is 0 Å². The summed E-state index contributed by atoms with van der Waals surface area (Å²) in [5.74, 6) is -1.73. The summed E-state index contributed by atoms with van der Waals surface area (Å²) in [4.78, 5) is 51.0. The van der Waals surface area contributed by atoms with E-state index >= 15 is 0 Å². The number of ether oxygens (including phenoxy) is 1. The molecule has 4 N–H and O–H groups in total. The molecule has 1 atom stereocenters. The fourth-order valence-corrected chi connectivity index (χ4v) is 3.80. The predicted molar refractivity (Wildman–Crippen MR) is 107 cm³/mol. The van der Waals surface area contributed by atoms with Gasteiger partial charge in [0.05, 0.1) is 24.1 Å². The zero-order valence-electron chi connectivity index (χ0n) is 17.0. The Balaban J connectivity index is 2.90. The summed E-state index contributed by atoms with van der Waals surface area (Å²) in [6.45, 7) is 8.63. The van der Waals surface area contributed by atoms with Crippen molar-refractivity contribution in [2.45, 2.75) is 27.7 Å². The molecule has 9 nitrogen and oxygen atoms in total. The zero-order chi connectivity index (χ0) is 21.4. The topological polar surface area (TPSA) is 123 Å². The molecule has 1 unspecified atom stereocenters. The van der Waals surface area contributed by atoms with Gasteiger partial charge in [-0.15, -0.1) is 11.3 Å². The number of anilines is 1. The van der Waals surface area contributed by atoms with Crippen molar-refractivity contribution in [3.8, 4) is 0 Å². The van der Waals surface area contributed by atoms with Crippen LogP contribution in [0.3, 0.4) is 0 Å². The lowest BCUT2D eigenvalue weighted by atomic mass is 10.1. The van der Waals surface area contributed by atoms with Crippen molar-refractivity contribution in [3.05, 3.63) is 16.0 Å². The number of hydrogen-bond donors (Lipinski definition) is 3. The first kappa shape index (κ1) is 23.6. The second-order valence-corrected chi connectivity index (χ2v) is 7.29. The number of rotatable bonds is 10. The third kappa shape index (κ3) is 6.03. The van der Waals surface area contributed by atoms with Crippen LogP contribution >= 0.6 is 11.3 Å². The highest BCUT2D eigenvalue weighted by Crippen LogP contribution is 2.33. The second kappa shape index (κ2) is 10.8. The van der Waals surface area contributed by atoms with E-state index < -0.39 is 11.9 Å². The molecular weight excluding hydrogens is 384 g/mol. The van der Waals surface area contributed by atoms with Gasteiger partial charge in [0, 0.05) is 13.1 Å². The van der Waals surface area contributed by atoms with E-state index in [4.69, 9.17) is 10.5 Å². The molecule has 0 bridgehead atoms. The zero-order valence-corrected chi connectivity index (χ0v) is 17.8. The van der Waals surface area contributed by atoms with Crippen molar-refractivity contribution in [2.75, 3.05) is 45.2 Å². The minimum absolute atomic E-state index is 0.0259. The van der Waals surface area contributed by atoms with Gasteiger partial charge in [-0.05, 0) is 33.3 Å². The number of primary amides is 1. The molecule has 10 heteroatoms. The number of nitrogens with zero attached hydrogens (tertiary/aromatic N) is 1. The summed E-state index contributed by atoms with van der Waals surface area (Å²) in [7, 11) is 1.74. The van der Waals surface area contributed by atoms with Crippen molar-refractivity contribution in [3.63, 3.8) is 0 Å². The Morgan fingerprint density at radius 2 is 1.75 bits per heavy atom. The van der Waals surface area contributed by atoms with Crippen molar-refractivity contribution < 1.29 is 28.8 Å². The highest BCUT2D eigenvalue weighted by molar-refractivity contribution is 7.18. The van der Waals surface area contributed by atoms with Crippen molar-refractivity contribution in [1.82, 2.24) is 4.90 Å². The first-order valence-electron chi connectivity index (χ1n) is 9.15. The fourth-order valence-electron chi connectivity index (χ4n) is 2.74. The molecule has 3 amide bonds. The molecule has 0 spiro atoms. The third-order valence-corrected chi connectivity index (χ3v) is 5.36. The third-order valence-electron chi connectivity index (χ3n) is 4.13. The lowest BCUT2D eigenvalue weighted by molar-refractivity contribution is -0.862. The van der Waals surface area contributed by atoms with Gasteiger partial charge >= 0.3 is 5.97 Å². The summed E-state index contributed by atoms with van der Waals surface area (Å²) >= 11 is 0.938. The highest BCUT2D eigenvalue weighted by atomic mass is 32.1. The van der Waals surface area contributed by atoms with E-state index in [-0.39, 0.29) is 47.0 Å². The van der Waals surface area contributed by atoms with Crippen LogP contribution in [-0.2, 0) is 14.3 Å². The molecule has 0 fully saturated rings. The Labute approximate surface area is 168 Å². The van der Waals surface area contributed by atoms with Gasteiger partial charge in [-0.1, -0.05) is 0 Å². The van der Waals surface area contributed by atoms with E-state index in [9.17, 15) is 19.2 Å². The predicted octanol–water partition coefficient (Wildman–Crippen LogP) is -0.346. The van der Waals surface area contributed by atoms with Gasteiger partial charge < -0.3 is 25.6 Å². The Morgan fingerprint density at radius 1 is 1.14 bits per heavy atom. The molecule has 156 valence electrons. The lowest BCUT2D eigenvalue weighted by Gasteiger charge is -2.20. The molecule has 0 aliphatic heterocycles. The molecule has 1 aromatic rings. The van der Waals surface area contributed by atoms with Gasteiger partial charge in [-0.2, -0.15) is 0 Å². The number of nitrogens with two attached hydrogens (primary N) is 1. The minimum atomic E-state index is -0.680. The number of esters is 1. The molecule has 0 radical (unpaired) electrons. The van der Waals surface area contributed by atoms with Crippen molar-refractivity contribution >= 4 is 40.0 Å². The summed E-state index contributed by atoms with van der Waals surface area (Å²) in [6, 6.07) is 0. The Bertz CT molecular complexity index is 743. The number of nitrogens with one attached hydrogen (secondary N) is 2. The Kier molecular flexibility index (Phi) is 9.07. The number of likely N-dealkylation sites (N-methyl/N-ethyl adjacent to an activating group) is 2. The summed E-state index contributed by atoms with van der Waals surface area (Å²) in [5, 5.41) is 2.87. The maximum Gasteiger partial charge on any atom is 0.341 e. The van der Waals surface area contributed by atoms with Crippen LogP contribution in [-0.4, -0.2) is 68.4 Å². The SMILES string of the molecule is CCOC(=O)c1c(NC(=O)C[NH+](C)CC(=O)N(CC)CC)sc(C(N)=O)c1C. The maximum absolute atomic E-state index is 12.4. The molecule has 0 aliphatic carbocycles. The minimum Gasteiger partial charge on any atom is -0.462 e. The highest BCUT2D eigenvalue weighted by Gasteiger charge is 2.26. The van der Waals surface area contributed by atoms with Crippen molar-refractivity contribution in [2.24, 2.45) is 5.73 Å². The van der Waals surface area contributed by atoms with Gasteiger partial charge in [0.2, 0.25) is 0 Å². The van der Waals surface area contributed by atoms with Crippen LogP contribution in [0.25, 0.3) is 0 Å². The normalized spacial score (nSPS) is 11.6. The van der Waals surface area contributed by atoms with Crippen LogP contribution in [0.4, 0.5) is 5.00 Å². The van der Waals surface area contributed by atoms with Gasteiger partial charge in [-0.3, -0.25) is 14.4 Å². The quantitative estimate of drug-likeness (QED) is 0.453. The van der Waals surface area contributed by atoms with E-state index in [1.54, 1.807) is 25.8 Å². The number of thiophene rings is 1. The monoisotopic (exact) mass is 413 g/mol. The van der Waals surface area contributed by atoms with Crippen LogP contribution < -0.4 is 16.0 Å². The number of carbonyl (C=O) groups is 4. The average Bonchev–Trinajstić information content (AvgIpc) is 2.92. The van der Waals surface area contributed by atoms with Gasteiger partial charge in [0.15, 0.2) is 13.1 Å². The van der Waals surface area contributed by atoms with Crippen LogP contribution in [0.15, 0.2) is 0 Å². The second-order valence-electron chi connectivity index (χ2n) is 6.27. The molecule has 1 rings (SSSR count). The molecular formula is C18H29N4O5S+. The Morgan fingerprint density at radius 3 is 2.25 bits per heavy atom. The first-order chi connectivity index (χ1) is 13.2. The first-order valence-corrected chi connectivity index (χ1v) is 9.96. The fraction of sp³-hybridized carbons (Fsp3) is 0.556. The number of carbonyl (C=O) groups excluding carboxylic acids is 4. The summed E-state index contributed by atoms with van der Waals surface area (Å²) in [6.07, 6.45) is 0. The maximum atomic E-state index is 12.4. The molecule has 0 saturated heterocycles.